The molecule has 9 heteroatoms. The zero-order valence-corrected chi connectivity index (χ0v) is 21.7. The van der Waals surface area contributed by atoms with E-state index < -0.39 is 0 Å². The lowest BCUT2D eigenvalue weighted by atomic mass is 10.1. The van der Waals surface area contributed by atoms with Crippen molar-refractivity contribution < 1.29 is 31.2 Å². The fourth-order valence-electron chi connectivity index (χ4n) is 2.99. The summed E-state index contributed by atoms with van der Waals surface area (Å²) in [5, 5.41) is 1.10. The molecule has 0 amide bonds. The Bertz CT molecular complexity index is 1120. The van der Waals surface area contributed by atoms with Crippen molar-refractivity contribution in [2.24, 2.45) is 0 Å². The third kappa shape index (κ3) is 8.69. The molecule has 0 fully saturated rings. The van der Waals surface area contributed by atoms with Gasteiger partial charge in [-0.15, -0.1) is 5.92 Å². The van der Waals surface area contributed by atoms with Crippen LogP contribution in [-0.2, 0) is 22.6 Å². The standard InChI is InChI=1S/C24H22BrCl2N2O3.ClH/c1-2-3-12-31-24(22-9-6-19(26)13-23(22)27)15-29-11-10-28(17-29)14-20(30)16-32-21-7-4-18(25)5-8-21;/h4-11,13,17,24H,12,14-16H2,1H3;1H/q+1;/p-1. The van der Waals surface area contributed by atoms with Crippen molar-refractivity contribution in [2.45, 2.75) is 26.1 Å². The monoisotopic (exact) mass is 570 g/mol. The summed E-state index contributed by atoms with van der Waals surface area (Å²) >= 11 is 15.8. The number of aromatic nitrogens is 2. The molecular formula is C24H22BrCl3N2O3. The number of imidazole rings is 1. The topological polar surface area (TPSA) is 44.3 Å². The maximum absolute atomic E-state index is 12.3. The number of benzene rings is 2. The Labute approximate surface area is 218 Å². The van der Waals surface area contributed by atoms with Crippen LogP contribution in [0.25, 0.3) is 0 Å². The van der Waals surface area contributed by atoms with Crippen molar-refractivity contribution in [1.29, 1.82) is 0 Å². The van der Waals surface area contributed by atoms with Crippen molar-refractivity contribution in [3.8, 4) is 17.6 Å². The van der Waals surface area contributed by atoms with E-state index in [1.54, 1.807) is 23.6 Å². The zero-order valence-electron chi connectivity index (χ0n) is 17.8. The molecule has 1 heterocycles. The van der Waals surface area contributed by atoms with Gasteiger partial charge in [-0.1, -0.05) is 51.1 Å². The van der Waals surface area contributed by atoms with E-state index in [0.717, 1.165) is 10.0 Å². The molecule has 1 aromatic heterocycles. The molecule has 0 spiro atoms. The van der Waals surface area contributed by atoms with Crippen LogP contribution in [0.3, 0.4) is 0 Å². The molecule has 174 valence electrons. The van der Waals surface area contributed by atoms with Gasteiger partial charge in [0.05, 0.1) is 0 Å². The highest BCUT2D eigenvalue weighted by Crippen LogP contribution is 2.28. The maximum Gasteiger partial charge on any atom is 0.244 e. The maximum atomic E-state index is 12.3. The summed E-state index contributed by atoms with van der Waals surface area (Å²) in [4.78, 5) is 12.3. The number of halogens is 4. The van der Waals surface area contributed by atoms with Crippen LogP contribution in [0.4, 0.5) is 0 Å². The highest BCUT2D eigenvalue weighted by Gasteiger charge is 2.20. The Morgan fingerprint density at radius 2 is 1.97 bits per heavy atom. The van der Waals surface area contributed by atoms with Gasteiger partial charge in [-0.05, 0) is 43.3 Å². The Morgan fingerprint density at radius 3 is 2.67 bits per heavy atom. The van der Waals surface area contributed by atoms with Crippen molar-refractivity contribution in [2.75, 3.05) is 13.2 Å². The number of nitrogens with zero attached hydrogens (tertiary/aromatic N) is 2. The van der Waals surface area contributed by atoms with E-state index in [1.807, 2.05) is 53.6 Å². The van der Waals surface area contributed by atoms with Gasteiger partial charge in [0.25, 0.3) is 0 Å². The minimum Gasteiger partial charge on any atom is -1.00 e. The number of carbonyl (C=O) groups is 1. The summed E-state index contributed by atoms with van der Waals surface area (Å²) in [6.07, 6.45) is 5.25. The average Bonchev–Trinajstić information content (AvgIpc) is 3.19. The van der Waals surface area contributed by atoms with Gasteiger partial charge in [-0.2, -0.15) is 0 Å². The molecule has 3 rings (SSSR count). The molecule has 0 N–H and O–H groups in total. The zero-order chi connectivity index (χ0) is 22.9. The molecular weight excluding hydrogens is 551 g/mol. The fourth-order valence-corrected chi connectivity index (χ4v) is 3.79. The van der Waals surface area contributed by atoms with Crippen LogP contribution in [0.2, 0.25) is 10.0 Å². The number of carbonyl (C=O) groups excluding carboxylic acids is 1. The number of ketones is 1. The van der Waals surface area contributed by atoms with E-state index in [-0.39, 0.29) is 44.1 Å². The molecule has 1 atom stereocenters. The van der Waals surface area contributed by atoms with Gasteiger partial charge >= 0.3 is 0 Å². The summed E-state index contributed by atoms with van der Waals surface area (Å²) in [6, 6.07) is 12.7. The normalized spacial score (nSPS) is 11.2. The second-order valence-corrected chi connectivity index (χ2v) is 8.72. The summed E-state index contributed by atoms with van der Waals surface area (Å²) in [6.45, 7) is 2.76. The predicted molar refractivity (Wildman–Crippen MR) is 128 cm³/mol. The van der Waals surface area contributed by atoms with E-state index in [2.05, 4.69) is 27.8 Å². The average molecular weight is 573 g/mol. The SMILES string of the molecule is CC#CCOC(C[n+]1ccn(CC(=O)COc2ccc(Br)cc2)c1)c1ccc(Cl)cc1Cl.[Cl-]. The Kier molecular flexibility index (Phi) is 11.3. The molecule has 0 aliphatic heterocycles. The number of hydrogen-bond acceptors (Lipinski definition) is 3. The molecule has 33 heavy (non-hydrogen) atoms. The smallest absolute Gasteiger partial charge is 0.244 e. The lowest BCUT2D eigenvalue weighted by Crippen LogP contribution is -3.00. The van der Waals surface area contributed by atoms with Crippen LogP contribution in [0.5, 0.6) is 5.75 Å². The van der Waals surface area contributed by atoms with Crippen LogP contribution in [0.1, 0.15) is 18.6 Å². The van der Waals surface area contributed by atoms with Crippen LogP contribution < -0.4 is 21.7 Å². The van der Waals surface area contributed by atoms with E-state index in [4.69, 9.17) is 32.7 Å². The van der Waals surface area contributed by atoms with Crippen molar-refractivity contribution in [3.63, 3.8) is 0 Å². The first kappa shape index (κ1) is 27.2. The van der Waals surface area contributed by atoms with E-state index in [9.17, 15) is 4.79 Å². The minimum atomic E-state index is -0.321. The molecule has 0 aliphatic rings. The van der Waals surface area contributed by atoms with Crippen LogP contribution in [0.15, 0.2) is 65.7 Å². The third-order valence-electron chi connectivity index (χ3n) is 4.54. The van der Waals surface area contributed by atoms with Gasteiger partial charge in [0.2, 0.25) is 12.1 Å². The molecule has 5 nitrogen and oxygen atoms in total. The Balaban J connectivity index is 0.00000385. The van der Waals surface area contributed by atoms with E-state index in [0.29, 0.717) is 22.3 Å². The minimum absolute atomic E-state index is 0. The molecule has 0 bridgehead atoms. The lowest BCUT2D eigenvalue weighted by Gasteiger charge is -2.16. The predicted octanol–water partition coefficient (Wildman–Crippen LogP) is 2.28. The van der Waals surface area contributed by atoms with Crippen LogP contribution >= 0.6 is 39.1 Å². The number of hydrogen-bond donors (Lipinski definition) is 0. The first-order chi connectivity index (χ1) is 15.4. The van der Waals surface area contributed by atoms with Gasteiger partial charge in [0, 0.05) is 20.1 Å². The van der Waals surface area contributed by atoms with Gasteiger partial charge in [-0.3, -0.25) is 4.79 Å². The largest absolute Gasteiger partial charge is 1.00 e. The summed E-state index contributed by atoms with van der Waals surface area (Å²) < 4.78 is 16.2. The van der Waals surface area contributed by atoms with Crippen molar-refractivity contribution in [3.05, 3.63) is 81.3 Å². The third-order valence-corrected chi connectivity index (χ3v) is 5.63. The highest BCUT2D eigenvalue weighted by molar-refractivity contribution is 9.10. The second-order valence-electron chi connectivity index (χ2n) is 6.96. The quantitative estimate of drug-likeness (QED) is 0.277. The Morgan fingerprint density at radius 1 is 1.21 bits per heavy atom. The number of ether oxygens (including phenoxy) is 2. The molecule has 0 saturated carbocycles. The molecule has 3 aromatic rings. The van der Waals surface area contributed by atoms with Crippen molar-refractivity contribution >= 4 is 44.9 Å². The molecule has 0 saturated heterocycles. The summed E-state index contributed by atoms with van der Waals surface area (Å²) in [5.41, 5.74) is 0.827. The number of rotatable bonds is 10. The molecule has 0 aliphatic carbocycles. The second kappa shape index (κ2) is 13.6. The molecule has 0 radical (unpaired) electrons. The fraction of sp³-hybridized carbons (Fsp3) is 0.250. The van der Waals surface area contributed by atoms with E-state index in [1.165, 1.54) is 0 Å². The summed E-state index contributed by atoms with van der Waals surface area (Å²) in [5.74, 6) is 6.35. The van der Waals surface area contributed by atoms with E-state index >= 15 is 0 Å². The first-order valence-corrected chi connectivity index (χ1v) is 11.4. The number of Topliss-reactive ketones (excluding diaryl/α,β-unsaturated/α-hetero) is 1. The Hall–Kier alpha value is -2.01. The van der Waals surface area contributed by atoms with Gasteiger partial charge in [0.1, 0.15) is 37.4 Å². The first-order valence-electron chi connectivity index (χ1n) is 9.85. The highest BCUT2D eigenvalue weighted by atomic mass is 79.9. The van der Waals surface area contributed by atoms with Crippen molar-refractivity contribution in [1.82, 2.24) is 4.57 Å². The summed E-state index contributed by atoms with van der Waals surface area (Å²) in [7, 11) is 0. The molecule has 2 aromatic carbocycles. The van der Waals surface area contributed by atoms with Crippen LogP contribution in [0, 0.1) is 11.8 Å². The van der Waals surface area contributed by atoms with Gasteiger partial charge < -0.3 is 21.9 Å². The van der Waals surface area contributed by atoms with Gasteiger partial charge in [0.15, 0.2) is 13.2 Å². The van der Waals surface area contributed by atoms with Gasteiger partial charge in [-0.25, -0.2) is 9.13 Å². The lowest BCUT2D eigenvalue weighted by molar-refractivity contribution is -0.704. The molecule has 1 unspecified atom stereocenters. The van der Waals surface area contributed by atoms with Crippen LogP contribution in [-0.4, -0.2) is 23.6 Å².